The van der Waals surface area contributed by atoms with Gasteiger partial charge in [-0.3, -0.25) is 4.79 Å². The van der Waals surface area contributed by atoms with Gasteiger partial charge in [-0.1, -0.05) is 17.2 Å². The highest BCUT2D eigenvalue weighted by Crippen LogP contribution is 2.13. The molecule has 0 unspecified atom stereocenters. The number of aliphatic carboxylic acids is 1. The van der Waals surface area contributed by atoms with Crippen molar-refractivity contribution in [1.29, 1.82) is 0 Å². The summed E-state index contributed by atoms with van der Waals surface area (Å²) in [7, 11) is 1.34. The molecule has 0 aliphatic rings. The number of methoxy groups -OCH3 is 1. The van der Waals surface area contributed by atoms with Crippen LogP contribution >= 0.6 is 0 Å². The van der Waals surface area contributed by atoms with Crippen molar-refractivity contribution in [2.75, 3.05) is 7.11 Å². The first-order chi connectivity index (χ1) is 7.36. The Bertz CT molecular complexity index is 326. The summed E-state index contributed by atoms with van der Waals surface area (Å²) in [5.74, 6) is -1.55. The van der Waals surface area contributed by atoms with Crippen molar-refractivity contribution in [2.24, 2.45) is 5.92 Å². The van der Waals surface area contributed by atoms with Crippen LogP contribution < -0.4 is 0 Å². The zero-order valence-electron chi connectivity index (χ0n) is 10.1. The second kappa shape index (κ2) is 6.82. The Hall–Kier alpha value is -1.58. The maximum atomic E-state index is 11.1. The Morgan fingerprint density at radius 2 is 1.88 bits per heavy atom. The number of allylic oxidation sites excluding steroid dienone is 2. The largest absolute Gasteiger partial charge is 0.478 e. The molecule has 0 aromatic carbocycles. The molecule has 0 rings (SSSR count). The minimum absolute atomic E-state index is 0.292. The number of carbonyl (C=O) groups is 2. The molecule has 0 spiro atoms. The smallest absolute Gasteiger partial charge is 0.328 e. The normalized spacial score (nSPS) is 14.5. The maximum Gasteiger partial charge on any atom is 0.328 e. The SMILES string of the molecule is COC(=O)[C@@H](C)/C=C(\C)C/C(C)=C/C(=O)O. The molecule has 0 amide bonds. The zero-order chi connectivity index (χ0) is 12.7. The van der Waals surface area contributed by atoms with Gasteiger partial charge in [-0.25, -0.2) is 4.79 Å². The summed E-state index contributed by atoms with van der Waals surface area (Å²) in [4.78, 5) is 21.5. The second-order valence-electron chi connectivity index (χ2n) is 3.83. The summed E-state index contributed by atoms with van der Waals surface area (Å²) in [6.45, 7) is 5.35. The molecule has 0 aromatic heterocycles. The first kappa shape index (κ1) is 14.4. The van der Waals surface area contributed by atoms with Gasteiger partial charge in [0.25, 0.3) is 0 Å². The number of esters is 1. The fraction of sp³-hybridized carbons (Fsp3) is 0.500. The van der Waals surface area contributed by atoms with Crippen molar-refractivity contribution in [3.05, 3.63) is 23.3 Å². The van der Waals surface area contributed by atoms with Crippen molar-refractivity contribution < 1.29 is 19.4 Å². The Kier molecular flexibility index (Phi) is 6.15. The standard InChI is InChI=1S/C12H18O4/c1-8(5-9(2)7-11(13)14)6-10(3)12(15)16-4/h6-7,10H,5H2,1-4H3,(H,13,14)/b8-6+,9-7+/t10-/m0/s1. The molecule has 0 radical (unpaired) electrons. The molecule has 1 atom stereocenters. The van der Waals surface area contributed by atoms with Crippen molar-refractivity contribution in [3.8, 4) is 0 Å². The van der Waals surface area contributed by atoms with Crippen LogP contribution in [0.3, 0.4) is 0 Å². The lowest BCUT2D eigenvalue weighted by Crippen LogP contribution is -2.10. The summed E-state index contributed by atoms with van der Waals surface area (Å²) in [5, 5.41) is 8.53. The first-order valence-corrected chi connectivity index (χ1v) is 5.02. The lowest BCUT2D eigenvalue weighted by Gasteiger charge is -2.06. The molecule has 4 heteroatoms. The van der Waals surface area contributed by atoms with E-state index in [1.165, 1.54) is 13.2 Å². The quantitative estimate of drug-likeness (QED) is 0.443. The van der Waals surface area contributed by atoms with Crippen LogP contribution in [0, 0.1) is 5.92 Å². The molecule has 1 N–H and O–H groups in total. The van der Waals surface area contributed by atoms with Gasteiger partial charge in [-0.2, -0.15) is 0 Å². The Morgan fingerprint density at radius 3 is 2.31 bits per heavy atom. The van der Waals surface area contributed by atoms with Crippen molar-refractivity contribution in [3.63, 3.8) is 0 Å². The predicted octanol–water partition coefficient (Wildman–Crippen LogP) is 2.16. The highest BCUT2D eigenvalue weighted by atomic mass is 16.5. The van der Waals surface area contributed by atoms with Gasteiger partial charge in [-0.15, -0.1) is 0 Å². The molecule has 0 aliphatic carbocycles. The fourth-order valence-electron chi connectivity index (χ4n) is 1.44. The molecule has 0 fully saturated rings. The van der Waals surface area contributed by atoms with Gasteiger partial charge in [0.15, 0.2) is 0 Å². The first-order valence-electron chi connectivity index (χ1n) is 5.02. The maximum absolute atomic E-state index is 11.1. The van der Waals surface area contributed by atoms with E-state index in [-0.39, 0.29) is 11.9 Å². The Labute approximate surface area is 95.6 Å². The molecule has 0 aromatic rings. The van der Waals surface area contributed by atoms with E-state index in [1.54, 1.807) is 19.9 Å². The molecule has 0 aliphatic heterocycles. The molecule has 0 saturated heterocycles. The van der Waals surface area contributed by atoms with Crippen LogP contribution in [0.2, 0.25) is 0 Å². The van der Waals surface area contributed by atoms with Crippen molar-refractivity contribution >= 4 is 11.9 Å². The summed E-state index contributed by atoms with van der Waals surface area (Å²) >= 11 is 0. The average molecular weight is 226 g/mol. The van der Waals surface area contributed by atoms with E-state index in [0.29, 0.717) is 6.42 Å². The van der Waals surface area contributed by atoms with E-state index in [1.807, 2.05) is 6.92 Å². The van der Waals surface area contributed by atoms with E-state index in [2.05, 4.69) is 4.74 Å². The molecule has 0 bridgehead atoms. The minimum atomic E-state index is -0.952. The van der Waals surface area contributed by atoms with E-state index < -0.39 is 5.97 Å². The number of hydrogen-bond acceptors (Lipinski definition) is 3. The van der Waals surface area contributed by atoms with Gasteiger partial charge in [0.2, 0.25) is 0 Å². The van der Waals surface area contributed by atoms with Gasteiger partial charge in [0.1, 0.15) is 0 Å². The van der Waals surface area contributed by atoms with Crippen LogP contribution in [0.5, 0.6) is 0 Å². The average Bonchev–Trinajstić information content (AvgIpc) is 2.14. The summed E-state index contributed by atoms with van der Waals surface area (Å²) < 4.78 is 4.59. The second-order valence-corrected chi connectivity index (χ2v) is 3.83. The zero-order valence-corrected chi connectivity index (χ0v) is 10.1. The number of carbonyl (C=O) groups excluding carboxylic acids is 1. The Balaban J connectivity index is 4.46. The summed E-state index contributed by atoms with van der Waals surface area (Å²) in [6.07, 6.45) is 3.50. The van der Waals surface area contributed by atoms with E-state index in [9.17, 15) is 9.59 Å². The van der Waals surface area contributed by atoms with Gasteiger partial charge >= 0.3 is 11.9 Å². The highest BCUT2D eigenvalue weighted by Gasteiger charge is 2.09. The van der Waals surface area contributed by atoms with Crippen molar-refractivity contribution in [1.82, 2.24) is 0 Å². The van der Waals surface area contributed by atoms with E-state index in [0.717, 1.165) is 11.1 Å². The van der Waals surface area contributed by atoms with Crippen LogP contribution in [-0.4, -0.2) is 24.2 Å². The topological polar surface area (TPSA) is 63.6 Å². The third-order valence-electron chi connectivity index (χ3n) is 2.04. The Morgan fingerprint density at radius 1 is 1.31 bits per heavy atom. The fourth-order valence-corrected chi connectivity index (χ4v) is 1.44. The number of carboxylic acid groups (broad SMARTS) is 1. The minimum Gasteiger partial charge on any atom is -0.478 e. The van der Waals surface area contributed by atoms with E-state index in [4.69, 9.17) is 5.11 Å². The van der Waals surface area contributed by atoms with Crippen LogP contribution in [0.4, 0.5) is 0 Å². The number of hydrogen-bond donors (Lipinski definition) is 1. The molecule has 16 heavy (non-hydrogen) atoms. The lowest BCUT2D eigenvalue weighted by atomic mass is 10.0. The number of carboxylic acids is 1. The van der Waals surface area contributed by atoms with Crippen LogP contribution in [0.25, 0.3) is 0 Å². The molecular formula is C12H18O4. The third kappa shape index (κ3) is 6.01. The molecule has 0 saturated carbocycles. The van der Waals surface area contributed by atoms with Gasteiger partial charge in [0.05, 0.1) is 13.0 Å². The summed E-state index contributed by atoms with van der Waals surface area (Å²) in [5.41, 5.74) is 1.70. The van der Waals surface area contributed by atoms with Gasteiger partial charge in [-0.05, 0) is 27.2 Å². The third-order valence-corrected chi connectivity index (χ3v) is 2.04. The van der Waals surface area contributed by atoms with Crippen molar-refractivity contribution in [2.45, 2.75) is 27.2 Å². The van der Waals surface area contributed by atoms with E-state index >= 15 is 0 Å². The molecule has 0 heterocycles. The van der Waals surface area contributed by atoms with Gasteiger partial charge < -0.3 is 9.84 Å². The molecule has 90 valence electrons. The molecular weight excluding hydrogens is 208 g/mol. The highest BCUT2D eigenvalue weighted by molar-refractivity contribution is 5.80. The lowest BCUT2D eigenvalue weighted by molar-refractivity contribution is -0.143. The monoisotopic (exact) mass is 226 g/mol. The van der Waals surface area contributed by atoms with Gasteiger partial charge in [0, 0.05) is 6.08 Å². The van der Waals surface area contributed by atoms with Crippen LogP contribution in [-0.2, 0) is 14.3 Å². The number of rotatable bonds is 5. The van der Waals surface area contributed by atoms with Crippen LogP contribution in [0.15, 0.2) is 23.3 Å². The molecule has 4 nitrogen and oxygen atoms in total. The predicted molar refractivity (Wildman–Crippen MR) is 60.9 cm³/mol. The summed E-state index contributed by atoms with van der Waals surface area (Å²) in [6, 6.07) is 0. The number of ether oxygens (including phenoxy) is 1. The van der Waals surface area contributed by atoms with Crippen LogP contribution in [0.1, 0.15) is 27.2 Å².